The molecule has 1 atom stereocenters. The van der Waals surface area contributed by atoms with Crippen molar-refractivity contribution in [3.8, 4) is 0 Å². The first-order valence-electron chi connectivity index (χ1n) is 13.1. The van der Waals surface area contributed by atoms with Crippen molar-refractivity contribution >= 4 is 43.5 Å². The molecule has 0 fully saturated rings. The third-order valence-corrected chi connectivity index (χ3v) is 9.02. The van der Waals surface area contributed by atoms with Gasteiger partial charge in [0, 0.05) is 24.5 Å². The Morgan fingerprint density at radius 3 is 2.07 bits per heavy atom. The van der Waals surface area contributed by atoms with Crippen LogP contribution < -0.4 is 9.62 Å². The van der Waals surface area contributed by atoms with Crippen LogP contribution in [0.25, 0.3) is 0 Å². The fourth-order valence-corrected chi connectivity index (χ4v) is 6.58. The second-order valence-corrected chi connectivity index (χ2v) is 12.4. The van der Waals surface area contributed by atoms with E-state index in [4.69, 9.17) is 0 Å². The Morgan fingerprint density at radius 1 is 0.829 bits per heavy atom. The lowest BCUT2D eigenvalue weighted by atomic mass is 10.0. The lowest BCUT2D eigenvalue weighted by Crippen LogP contribution is -2.53. The molecule has 4 rings (SSSR count). The molecule has 0 aliphatic heterocycles. The predicted octanol–water partition coefficient (Wildman–Crippen LogP) is 5.34. The van der Waals surface area contributed by atoms with Gasteiger partial charge in [-0.1, -0.05) is 94.8 Å². The first-order valence-corrected chi connectivity index (χ1v) is 15.4. The van der Waals surface area contributed by atoms with Gasteiger partial charge in [0.1, 0.15) is 12.6 Å². The molecule has 2 amide bonds. The molecule has 0 heterocycles. The summed E-state index contributed by atoms with van der Waals surface area (Å²) < 4.78 is 29.9. The minimum Gasteiger partial charge on any atom is -0.357 e. The van der Waals surface area contributed by atoms with Gasteiger partial charge in [0.05, 0.1) is 10.6 Å². The molecule has 0 aliphatic carbocycles. The molecule has 0 saturated heterocycles. The number of carbonyl (C=O) groups excluding carboxylic acids is 2. The van der Waals surface area contributed by atoms with Crippen molar-refractivity contribution in [3.05, 3.63) is 130 Å². The number of halogens is 1. The van der Waals surface area contributed by atoms with Gasteiger partial charge in [-0.2, -0.15) is 0 Å². The maximum absolute atomic E-state index is 14.3. The first-order chi connectivity index (χ1) is 19.7. The summed E-state index contributed by atoms with van der Waals surface area (Å²) in [6.45, 7) is 1.42. The summed E-state index contributed by atoms with van der Waals surface area (Å²) in [6, 6.07) is 31.1. The van der Waals surface area contributed by atoms with Crippen LogP contribution in [0.1, 0.15) is 16.7 Å². The van der Waals surface area contributed by atoms with Crippen LogP contribution in [0.4, 0.5) is 5.69 Å². The molecule has 0 bridgehead atoms. The third kappa shape index (κ3) is 7.42. The molecule has 4 aromatic carbocycles. The van der Waals surface area contributed by atoms with Crippen LogP contribution in [0, 0.1) is 6.92 Å². The zero-order valence-electron chi connectivity index (χ0n) is 22.9. The highest BCUT2D eigenvalue weighted by Crippen LogP contribution is 2.27. The summed E-state index contributed by atoms with van der Waals surface area (Å²) in [6.07, 6.45) is 0.260. The number of nitrogens with zero attached hydrogens (tertiary/aromatic N) is 2. The van der Waals surface area contributed by atoms with Crippen LogP contribution in [0.15, 0.2) is 119 Å². The predicted molar refractivity (Wildman–Crippen MR) is 165 cm³/mol. The molecule has 212 valence electrons. The fraction of sp³-hybridized carbons (Fsp3) is 0.188. The van der Waals surface area contributed by atoms with Crippen molar-refractivity contribution in [3.63, 3.8) is 0 Å². The number of benzene rings is 4. The van der Waals surface area contributed by atoms with Gasteiger partial charge in [-0.05, 0) is 53.9 Å². The van der Waals surface area contributed by atoms with E-state index in [-0.39, 0.29) is 23.8 Å². The van der Waals surface area contributed by atoms with Crippen LogP contribution in [-0.4, -0.2) is 44.8 Å². The van der Waals surface area contributed by atoms with Gasteiger partial charge in [-0.15, -0.1) is 0 Å². The molecule has 0 saturated carbocycles. The largest absolute Gasteiger partial charge is 0.357 e. The maximum Gasteiger partial charge on any atom is 0.264 e. The van der Waals surface area contributed by atoms with Gasteiger partial charge >= 0.3 is 0 Å². The maximum atomic E-state index is 14.3. The quantitative estimate of drug-likeness (QED) is 0.242. The van der Waals surface area contributed by atoms with Gasteiger partial charge in [0.15, 0.2) is 0 Å². The van der Waals surface area contributed by atoms with Crippen LogP contribution >= 0.6 is 15.9 Å². The minimum atomic E-state index is -4.12. The number of amides is 2. The lowest BCUT2D eigenvalue weighted by Gasteiger charge is -2.34. The van der Waals surface area contributed by atoms with Crippen molar-refractivity contribution in [1.82, 2.24) is 10.2 Å². The number of para-hydroxylation sites is 1. The molecular weight excluding hydrogens is 602 g/mol. The second kappa shape index (κ2) is 13.6. The molecular formula is C32H32BrN3O4S. The van der Waals surface area contributed by atoms with E-state index in [2.05, 4.69) is 21.2 Å². The molecule has 9 heteroatoms. The highest BCUT2D eigenvalue weighted by molar-refractivity contribution is 9.10. The van der Waals surface area contributed by atoms with Gasteiger partial charge in [-0.3, -0.25) is 13.9 Å². The van der Waals surface area contributed by atoms with Crippen LogP contribution in [0.5, 0.6) is 0 Å². The molecule has 1 N–H and O–H groups in total. The van der Waals surface area contributed by atoms with E-state index in [0.29, 0.717) is 11.3 Å². The minimum absolute atomic E-state index is 0.0710. The number of anilines is 1. The van der Waals surface area contributed by atoms with Crippen molar-refractivity contribution in [2.24, 2.45) is 0 Å². The number of hydrogen-bond acceptors (Lipinski definition) is 4. The van der Waals surface area contributed by atoms with Gasteiger partial charge in [0.25, 0.3) is 10.0 Å². The number of carbonyl (C=O) groups is 2. The summed E-state index contributed by atoms with van der Waals surface area (Å²) in [5, 5.41) is 2.69. The summed E-state index contributed by atoms with van der Waals surface area (Å²) in [4.78, 5) is 29.1. The van der Waals surface area contributed by atoms with E-state index in [1.165, 1.54) is 24.1 Å². The summed E-state index contributed by atoms with van der Waals surface area (Å²) in [7, 11) is -2.59. The topological polar surface area (TPSA) is 86.8 Å². The van der Waals surface area contributed by atoms with E-state index in [0.717, 1.165) is 19.9 Å². The number of sulfonamides is 1. The zero-order chi connectivity index (χ0) is 29.4. The van der Waals surface area contributed by atoms with E-state index in [9.17, 15) is 18.0 Å². The molecule has 0 aliphatic rings. The Hall–Kier alpha value is -3.95. The molecule has 0 aromatic heterocycles. The van der Waals surface area contributed by atoms with Gasteiger partial charge in [-0.25, -0.2) is 8.42 Å². The summed E-state index contributed by atoms with van der Waals surface area (Å²) >= 11 is 3.48. The number of aryl methyl sites for hydroxylation is 1. The molecule has 4 aromatic rings. The van der Waals surface area contributed by atoms with Crippen LogP contribution in [0.2, 0.25) is 0 Å². The Kier molecular flexibility index (Phi) is 9.96. The van der Waals surface area contributed by atoms with Crippen LogP contribution in [0.3, 0.4) is 0 Å². The molecule has 0 unspecified atom stereocenters. The first kappa shape index (κ1) is 30.0. The summed E-state index contributed by atoms with van der Waals surface area (Å²) in [5.74, 6) is -0.845. The summed E-state index contributed by atoms with van der Waals surface area (Å²) in [5.41, 5.74) is 2.76. The Bertz CT molecular complexity index is 1600. The molecule has 0 radical (unpaired) electrons. The molecule has 41 heavy (non-hydrogen) atoms. The van der Waals surface area contributed by atoms with E-state index >= 15 is 0 Å². The number of rotatable bonds is 11. The fourth-order valence-electron chi connectivity index (χ4n) is 4.63. The number of nitrogens with one attached hydrogen (secondary N) is 1. The highest BCUT2D eigenvalue weighted by Gasteiger charge is 2.34. The SMILES string of the molecule is CNC(=O)[C@H](Cc1ccccc1)N(Cc1cccc(Br)c1)C(=O)CN(c1ccccc1C)S(=O)(=O)c1ccccc1. The average molecular weight is 635 g/mol. The van der Waals surface area contributed by atoms with E-state index in [1.54, 1.807) is 43.3 Å². The highest BCUT2D eigenvalue weighted by atomic mass is 79.9. The van der Waals surface area contributed by atoms with Crippen molar-refractivity contribution in [1.29, 1.82) is 0 Å². The molecule has 7 nitrogen and oxygen atoms in total. The standard InChI is InChI=1S/C32H32BrN3O4S/c1-24-12-9-10-19-29(24)36(41(39,40)28-17-7-4-8-18-28)23-31(37)35(22-26-15-11-16-27(33)20-26)30(32(38)34-2)21-25-13-5-3-6-14-25/h3-20,30H,21-23H2,1-2H3,(H,34,38)/t30-/m0/s1. The zero-order valence-corrected chi connectivity index (χ0v) is 25.3. The Balaban J connectivity index is 1.79. The van der Waals surface area contributed by atoms with Crippen LogP contribution in [-0.2, 0) is 32.6 Å². The Morgan fingerprint density at radius 2 is 1.44 bits per heavy atom. The van der Waals surface area contributed by atoms with Crippen molar-refractivity contribution < 1.29 is 18.0 Å². The normalized spacial score (nSPS) is 11.9. The number of likely N-dealkylation sites (N-methyl/N-ethyl adjacent to an activating group) is 1. The molecule has 0 spiro atoms. The monoisotopic (exact) mass is 633 g/mol. The van der Waals surface area contributed by atoms with Crippen molar-refractivity contribution in [2.75, 3.05) is 17.9 Å². The second-order valence-electron chi connectivity index (χ2n) is 9.58. The van der Waals surface area contributed by atoms with Gasteiger partial charge in [0.2, 0.25) is 11.8 Å². The smallest absolute Gasteiger partial charge is 0.264 e. The third-order valence-electron chi connectivity index (χ3n) is 6.75. The Labute approximate surface area is 250 Å². The van der Waals surface area contributed by atoms with E-state index in [1.807, 2.05) is 60.7 Å². The average Bonchev–Trinajstić information content (AvgIpc) is 2.98. The van der Waals surface area contributed by atoms with Crippen molar-refractivity contribution in [2.45, 2.75) is 30.8 Å². The number of hydrogen-bond donors (Lipinski definition) is 1. The van der Waals surface area contributed by atoms with E-state index < -0.39 is 28.5 Å². The lowest BCUT2D eigenvalue weighted by molar-refractivity contribution is -0.139. The van der Waals surface area contributed by atoms with Gasteiger partial charge < -0.3 is 10.2 Å².